The van der Waals surface area contributed by atoms with Crippen molar-refractivity contribution in [2.24, 2.45) is 0 Å². The summed E-state index contributed by atoms with van der Waals surface area (Å²) in [5, 5.41) is 2.41. The Morgan fingerprint density at radius 3 is 2.29 bits per heavy atom. The normalized spacial score (nSPS) is 13.9. The van der Waals surface area contributed by atoms with Gasteiger partial charge >= 0.3 is 0 Å². The van der Waals surface area contributed by atoms with Gasteiger partial charge in [-0.05, 0) is 16.3 Å². The van der Waals surface area contributed by atoms with Crippen molar-refractivity contribution in [3.63, 3.8) is 0 Å². The van der Waals surface area contributed by atoms with Gasteiger partial charge < -0.3 is 0 Å². The Hall–Kier alpha value is 0.0500. The van der Waals surface area contributed by atoms with E-state index in [-0.39, 0.29) is 4.83 Å². The molecule has 0 aliphatic rings. The first-order chi connectivity index (χ1) is 7.96. The van der Waals surface area contributed by atoms with E-state index in [9.17, 15) is 0 Å². The highest BCUT2D eigenvalue weighted by atomic mass is 79.9. The number of hydrogen-bond acceptors (Lipinski definition) is 0. The summed E-state index contributed by atoms with van der Waals surface area (Å²) in [4.78, 5) is 0.0413. The molecule has 0 saturated carbocycles. The lowest BCUT2D eigenvalue weighted by atomic mass is 10.0. The van der Waals surface area contributed by atoms with Gasteiger partial charge in [-0.2, -0.15) is 0 Å². The van der Waals surface area contributed by atoms with Crippen LogP contribution >= 0.6 is 50.7 Å². The van der Waals surface area contributed by atoms with Crippen LogP contribution in [0.4, 0.5) is 0 Å². The largest absolute Gasteiger partial charge is 0.192 e. The van der Waals surface area contributed by atoms with Crippen LogP contribution in [0.1, 0.15) is 16.8 Å². The van der Waals surface area contributed by atoms with Crippen LogP contribution in [0, 0.1) is 0 Å². The predicted molar refractivity (Wildman–Crippen MR) is 80.5 cm³/mol. The third-order valence-electron chi connectivity index (χ3n) is 2.55. The molecule has 17 heavy (non-hydrogen) atoms. The Morgan fingerprint density at radius 2 is 1.65 bits per heavy atom. The number of benzene rings is 2. The second-order valence-corrected chi connectivity index (χ2v) is 7.51. The number of rotatable bonds is 2. The van der Waals surface area contributed by atoms with Crippen LogP contribution in [0.25, 0.3) is 10.8 Å². The summed E-state index contributed by atoms with van der Waals surface area (Å²) in [5.74, 6) is 0. The molecule has 90 valence electrons. The minimum atomic E-state index is -1.24. The molecule has 0 unspecified atom stereocenters. The van der Waals surface area contributed by atoms with Gasteiger partial charge in [-0.3, -0.25) is 0 Å². The molecule has 0 bridgehead atoms. The fraction of sp³-hybridized carbons (Fsp3) is 0.231. The molecule has 1 atom stereocenters. The van der Waals surface area contributed by atoms with Gasteiger partial charge in [0.2, 0.25) is 0 Å². The van der Waals surface area contributed by atoms with E-state index in [2.05, 4.69) is 46.3 Å². The fourth-order valence-corrected chi connectivity index (χ4v) is 3.52. The monoisotopic (exact) mass is 350 g/mol. The summed E-state index contributed by atoms with van der Waals surface area (Å²) in [5.41, 5.74) is 1.12. The summed E-state index contributed by atoms with van der Waals surface area (Å²) >= 11 is 20.9. The van der Waals surface area contributed by atoms with Crippen molar-refractivity contribution >= 4 is 61.5 Å². The van der Waals surface area contributed by atoms with Crippen LogP contribution in [-0.2, 0) is 0 Å². The molecular weight excluding hydrogens is 342 g/mol. The summed E-state index contributed by atoms with van der Waals surface area (Å²) in [6, 6.07) is 14.4. The highest BCUT2D eigenvalue weighted by Crippen LogP contribution is 2.40. The molecule has 0 N–H and O–H groups in total. The standard InChI is InChI=1S/C13H10BrCl3/c14-12(8-13(15,16)17)11-6-5-9-3-1-2-4-10(9)7-11/h1-7,12H,8H2/t12-/m0/s1. The summed E-state index contributed by atoms with van der Waals surface area (Å²) < 4.78 is -1.24. The fourth-order valence-electron chi connectivity index (χ4n) is 1.72. The van der Waals surface area contributed by atoms with Crippen molar-refractivity contribution in [1.29, 1.82) is 0 Å². The molecule has 0 aliphatic carbocycles. The van der Waals surface area contributed by atoms with E-state index in [0.717, 1.165) is 5.56 Å². The first-order valence-corrected chi connectivity index (χ1v) is 7.20. The maximum atomic E-state index is 5.80. The minimum Gasteiger partial charge on any atom is -0.0837 e. The van der Waals surface area contributed by atoms with Crippen molar-refractivity contribution in [2.45, 2.75) is 15.0 Å². The highest BCUT2D eigenvalue weighted by molar-refractivity contribution is 9.09. The van der Waals surface area contributed by atoms with E-state index in [1.54, 1.807) is 0 Å². The Labute approximate surface area is 124 Å². The zero-order chi connectivity index (χ0) is 12.5. The highest BCUT2D eigenvalue weighted by Gasteiger charge is 2.24. The Balaban J connectivity index is 2.30. The molecule has 4 heteroatoms. The molecule has 2 rings (SSSR count). The Bertz CT molecular complexity index is 519. The van der Waals surface area contributed by atoms with E-state index in [4.69, 9.17) is 34.8 Å². The molecule has 2 aromatic rings. The van der Waals surface area contributed by atoms with Gasteiger partial charge in [-0.15, -0.1) is 0 Å². The van der Waals surface area contributed by atoms with Gasteiger partial charge in [-0.1, -0.05) is 93.2 Å². The van der Waals surface area contributed by atoms with E-state index >= 15 is 0 Å². The molecule has 0 spiro atoms. The molecule has 0 amide bonds. The molecule has 0 saturated heterocycles. The first kappa shape index (κ1) is 13.5. The zero-order valence-corrected chi connectivity index (χ0v) is 12.7. The smallest absolute Gasteiger partial charge is 0.0837 e. The molecular formula is C13H10BrCl3. The summed E-state index contributed by atoms with van der Waals surface area (Å²) in [6.45, 7) is 0. The van der Waals surface area contributed by atoms with Gasteiger partial charge in [0.05, 0.1) is 0 Å². The van der Waals surface area contributed by atoms with Crippen LogP contribution in [0.5, 0.6) is 0 Å². The minimum absolute atomic E-state index is 0.0413. The van der Waals surface area contributed by atoms with Crippen LogP contribution < -0.4 is 0 Å². The topological polar surface area (TPSA) is 0 Å². The number of hydrogen-bond donors (Lipinski definition) is 0. The van der Waals surface area contributed by atoms with Crippen molar-refractivity contribution in [1.82, 2.24) is 0 Å². The molecule has 0 aromatic heterocycles. The summed E-state index contributed by atoms with van der Waals surface area (Å²) in [6.07, 6.45) is 0.440. The van der Waals surface area contributed by atoms with Gasteiger partial charge in [0.15, 0.2) is 3.79 Å². The lowest BCUT2D eigenvalue weighted by Gasteiger charge is -2.16. The molecule has 2 aromatic carbocycles. The predicted octanol–water partition coefficient (Wildman–Crippen LogP) is 6.04. The van der Waals surface area contributed by atoms with Gasteiger partial charge in [-0.25, -0.2) is 0 Å². The van der Waals surface area contributed by atoms with Crippen LogP contribution in [0.2, 0.25) is 0 Å². The van der Waals surface area contributed by atoms with E-state index in [1.807, 2.05) is 12.1 Å². The average Bonchev–Trinajstić information content (AvgIpc) is 2.26. The second kappa shape index (κ2) is 5.36. The zero-order valence-electron chi connectivity index (χ0n) is 8.84. The average molecular weight is 352 g/mol. The third-order valence-corrected chi connectivity index (χ3v) is 3.86. The van der Waals surface area contributed by atoms with E-state index < -0.39 is 3.79 Å². The number of fused-ring (bicyclic) bond motifs is 1. The maximum Gasteiger partial charge on any atom is 0.192 e. The molecule has 0 aliphatic heterocycles. The second-order valence-electron chi connectivity index (χ2n) is 3.89. The van der Waals surface area contributed by atoms with E-state index in [0.29, 0.717) is 6.42 Å². The maximum absolute atomic E-state index is 5.80. The van der Waals surface area contributed by atoms with Crippen LogP contribution in [0.15, 0.2) is 42.5 Å². The van der Waals surface area contributed by atoms with Crippen LogP contribution in [0.3, 0.4) is 0 Å². The van der Waals surface area contributed by atoms with Gasteiger partial charge in [0.1, 0.15) is 0 Å². The summed E-state index contributed by atoms with van der Waals surface area (Å²) in [7, 11) is 0. The SMILES string of the molecule is ClC(Cl)(Cl)C[C@H](Br)c1ccc2ccccc2c1. The lowest BCUT2D eigenvalue weighted by molar-refractivity contribution is 0.844. The Kier molecular flexibility index (Phi) is 4.25. The van der Waals surface area contributed by atoms with Crippen molar-refractivity contribution in [2.75, 3.05) is 0 Å². The molecule has 0 nitrogen and oxygen atoms in total. The molecule has 0 radical (unpaired) electrons. The molecule has 0 heterocycles. The first-order valence-electron chi connectivity index (χ1n) is 5.15. The van der Waals surface area contributed by atoms with Gasteiger partial charge in [0.25, 0.3) is 0 Å². The van der Waals surface area contributed by atoms with Crippen LogP contribution in [-0.4, -0.2) is 3.79 Å². The number of halogens is 4. The van der Waals surface area contributed by atoms with Gasteiger partial charge in [0, 0.05) is 11.2 Å². The van der Waals surface area contributed by atoms with E-state index in [1.165, 1.54) is 10.8 Å². The third kappa shape index (κ3) is 3.75. The molecule has 0 fully saturated rings. The van der Waals surface area contributed by atoms with Crippen molar-refractivity contribution in [3.8, 4) is 0 Å². The number of alkyl halides is 4. The van der Waals surface area contributed by atoms with Crippen molar-refractivity contribution < 1.29 is 0 Å². The lowest BCUT2D eigenvalue weighted by Crippen LogP contribution is -2.06. The Morgan fingerprint density at radius 1 is 1.00 bits per heavy atom. The van der Waals surface area contributed by atoms with Crippen molar-refractivity contribution in [3.05, 3.63) is 48.0 Å². The quantitative estimate of drug-likeness (QED) is 0.578.